The van der Waals surface area contributed by atoms with Gasteiger partial charge in [-0.05, 0) is 13.5 Å². The van der Waals surface area contributed by atoms with Gasteiger partial charge in [-0.1, -0.05) is 6.08 Å². The molecule has 0 amide bonds. The smallest absolute Gasteiger partial charge is 0.224 e. The van der Waals surface area contributed by atoms with E-state index < -0.39 is 0 Å². The highest BCUT2D eigenvalue weighted by molar-refractivity contribution is 5.75. The van der Waals surface area contributed by atoms with E-state index in [2.05, 4.69) is 26.4 Å². The summed E-state index contributed by atoms with van der Waals surface area (Å²) in [5.74, 6) is 0.530. The maximum absolute atomic E-state index is 5.70. The Labute approximate surface area is 106 Å². The van der Waals surface area contributed by atoms with E-state index >= 15 is 0 Å². The van der Waals surface area contributed by atoms with Crippen molar-refractivity contribution in [3.63, 3.8) is 0 Å². The molecule has 98 valence electrons. The van der Waals surface area contributed by atoms with Crippen LogP contribution in [0.2, 0.25) is 0 Å². The van der Waals surface area contributed by atoms with Gasteiger partial charge in [0, 0.05) is 19.3 Å². The minimum Gasteiger partial charge on any atom is -0.393 e. The second-order valence-corrected chi connectivity index (χ2v) is 3.86. The molecule has 0 unspecified atom stereocenters. The average molecular weight is 249 g/mol. The lowest BCUT2D eigenvalue weighted by atomic mass is 10.4. The molecule has 0 saturated heterocycles. The van der Waals surface area contributed by atoms with Gasteiger partial charge in [0.05, 0.1) is 0 Å². The third kappa shape index (κ3) is 4.02. The first-order valence-corrected chi connectivity index (χ1v) is 5.55. The van der Waals surface area contributed by atoms with Crippen LogP contribution in [0.15, 0.2) is 17.6 Å². The third-order valence-corrected chi connectivity index (χ3v) is 2.27. The summed E-state index contributed by atoms with van der Waals surface area (Å²) in [5.41, 5.74) is 17.0. The Kier molecular flexibility index (Phi) is 5.06. The van der Waals surface area contributed by atoms with Crippen molar-refractivity contribution >= 4 is 29.5 Å². The number of anilines is 3. The molecule has 0 saturated carbocycles. The van der Waals surface area contributed by atoms with Crippen molar-refractivity contribution in [2.75, 3.05) is 37.3 Å². The first-order chi connectivity index (χ1) is 8.54. The van der Waals surface area contributed by atoms with Gasteiger partial charge in [-0.25, -0.2) is 4.99 Å². The molecule has 0 aliphatic heterocycles. The van der Waals surface area contributed by atoms with E-state index in [0.717, 1.165) is 19.5 Å². The summed E-state index contributed by atoms with van der Waals surface area (Å²) >= 11 is 0. The van der Waals surface area contributed by atoms with Crippen molar-refractivity contribution in [3.8, 4) is 0 Å². The monoisotopic (exact) mass is 249 g/mol. The van der Waals surface area contributed by atoms with Crippen molar-refractivity contribution in [1.29, 1.82) is 0 Å². The molecular formula is C11H19N7. The van der Waals surface area contributed by atoms with E-state index in [4.69, 9.17) is 17.2 Å². The molecule has 1 heterocycles. The molecule has 0 aromatic carbocycles. The summed E-state index contributed by atoms with van der Waals surface area (Å²) in [4.78, 5) is 13.9. The van der Waals surface area contributed by atoms with Gasteiger partial charge in [0.25, 0.3) is 0 Å². The van der Waals surface area contributed by atoms with Gasteiger partial charge >= 0.3 is 0 Å². The van der Waals surface area contributed by atoms with E-state index in [1.165, 1.54) is 0 Å². The quantitative estimate of drug-likeness (QED) is 0.497. The molecule has 1 rings (SSSR count). The number of aliphatic imine (C=N–C) groups is 1. The lowest BCUT2D eigenvalue weighted by Crippen LogP contribution is -2.19. The van der Waals surface area contributed by atoms with Crippen LogP contribution in [0.1, 0.15) is 6.42 Å². The van der Waals surface area contributed by atoms with Gasteiger partial charge in [0.15, 0.2) is 11.6 Å². The molecule has 0 aliphatic rings. The molecule has 0 radical (unpaired) electrons. The Bertz CT molecular complexity index is 441. The number of nitrogen functional groups attached to an aromatic ring is 3. The standard InChI is InChI=1S/C11H19N7/c1-3-6-18(2)7-4-5-15-10-8(12)9(13)16-11(14)17-10/h3,5H,1,4,6-7,12H2,2H3,(H4,13,14,16,17)/b15-5-. The van der Waals surface area contributed by atoms with Crippen LogP contribution in [-0.4, -0.2) is 41.2 Å². The lowest BCUT2D eigenvalue weighted by molar-refractivity contribution is 0.383. The molecule has 0 fully saturated rings. The van der Waals surface area contributed by atoms with Crippen LogP contribution in [0, 0.1) is 0 Å². The Morgan fingerprint density at radius 1 is 1.33 bits per heavy atom. The van der Waals surface area contributed by atoms with Crippen LogP contribution in [0.5, 0.6) is 0 Å². The number of likely N-dealkylation sites (N-methyl/N-ethyl adjacent to an activating group) is 1. The SMILES string of the molecule is C=CCN(C)CC/C=N\c1nc(N)nc(N)c1N. The fourth-order valence-corrected chi connectivity index (χ4v) is 1.33. The van der Waals surface area contributed by atoms with Crippen LogP contribution >= 0.6 is 0 Å². The zero-order valence-corrected chi connectivity index (χ0v) is 10.5. The summed E-state index contributed by atoms with van der Waals surface area (Å²) < 4.78 is 0. The predicted molar refractivity (Wildman–Crippen MR) is 75.7 cm³/mol. The van der Waals surface area contributed by atoms with Crippen LogP contribution in [0.25, 0.3) is 0 Å². The number of nitrogens with two attached hydrogens (primary N) is 3. The summed E-state index contributed by atoms with van der Waals surface area (Å²) in [5, 5.41) is 0. The van der Waals surface area contributed by atoms with E-state index in [1.807, 2.05) is 13.1 Å². The van der Waals surface area contributed by atoms with E-state index in [9.17, 15) is 0 Å². The molecule has 0 spiro atoms. The van der Waals surface area contributed by atoms with Crippen molar-refractivity contribution < 1.29 is 0 Å². The summed E-state index contributed by atoms with van der Waals surface area (Å²) in [6, 6.07) is 0. The molecule has 0 bridgehead atoms. The number of nitrogens with zero attached hydrogens (tertiary/aromatic N) is 4. The van der Waals surface area contributed by atoms with Crippen molar-refractivity contribution in [3.05, 3.63) is 12.7 Å². The molecule has 7 nitrogen and oxygen atoms in total. The second-order valence-electron chi connectivity index (χ2n) is 3.86. The molecule has 0 aliphatic carbocycles. The van der Waals surface area contributed by atoms with Crippen LogP contribution in [-0.2, 0) is 0 Å². The largest absolute Gasteiger partial charge is 0.393 e. The zero-order valence-electron chi connectivity index (χ0n) is 10.5. The van der Waals surface area contributed by atoms with Crippen molar-refractivity contribution in [1.82, 2.24) is 14.9 Å². The van der Waals surface area contributed by atoms with Gasteiger partial charge < -0.3 is 22.1 Å². The Balaban J connectivity index is 2.59. The normalized spacial score (nSPS) is 11.2. The summed E-state index contributed by atoms with van der Waals surface area (Å²) in [6.45, 7) is 5.37. The molecule has 18 heavy (non-hydrogen) atoms. The maximum Gasteiger partial charge on any atom is 0.224 e. The lowest BCUT2D eigenvalue weighted by Gasteiger charge is -2.11. The van der Waals surface area contributed by atoms with Crippen LogP contribution in [0.4, 0.5) is 23.3 Å². The van der Waals surface area contributed by atoms with Gasteiger partial charge in [-0.15, -0.1) is 6.58 Å². The molecule has 7 heteroatoms. The highest BCUT2D eigenvalue weighted by atomic mass is 15.1. The molecular weight excluding hydrogens is 230 g/mol. The average Bonchev–Trinajstić information content (AvgIpc) is 2.31. The highest BCUT2D eigenvalue weighted by Crippen LogP contribution is 2.24. The Hall–Kier alpha value is -2.15. The van der Waals surface area contributed by atoms with Crippen LogP contribution < -0.4 is 17.2 Å². The van der Waals surface area contributed by atoms with E-state index in [1.54, 1.807) is 6.21 Å². The van der Waals surface area contributed by atoms with Crippen LogP contribution in [0.3, 0.4) is 0 Å². The number of aromatic nitrogens is 2. The second kappa shape index (κ2) is 6.55. The van der Waals surface area contributed by atoms with Gasteiger partial charge in [-0.2, -0.15) is 9.97 Å². The van der Waals surface area contributed by atoms with Crippen molar-refractivity contribution in [2.24, 2.45) is 4.99 Å². The molecule has 1 aromatic rings. The van der Waals surface area contributed by atoms with Gasteiger partial charge in [-0.3, -0.25) is 0 Å². The number of hydrogen-bond donors (Lipinski definition) is 3. The summed E-state index contributed by atoms with van der Waals surface area (Å²) in [6.07, 6.45) is 4.35. The number of rotatable bonds is 6. The summed E-state index contributed by atoms with van der Waals surface area (Å²) in [7, 11) is 2.00. The fourth-order valence-electron chi connectivity index (χ4n) is 1.33. The third-order valence-electron chi connectivity index (χ3n) is 2.27. The minimum atomic E-state index is 0.0672. The topological polar surface area (TPSA) is 119 Å². The minimum absolute atomic E-state index is 0.0672. The molecule has 6 N–H and O–H groups in total. The Morgan fingerprint density at radius 2 is 2.06 bits per heavy atom. The van der Waals surface area contributed by atoms with Gasteiger partial charge in [0.2, 0.25) is 5.95 Å². The predicted octanol–water partition coefficient (Wildman–Crippen LogP) is 0.433. The fraction of sp³-hybridized carbons (Fsp3) is 0.364. The molecule has 0 atom stereocenters. The van der Waals surface area contributed by atoms with E-state index in [-0.39, 0.29) is 17.5 Å². The highest BCUT2D eigenvalue weighted by Gasteiger charge is 2.05. The number of hydrogen-bond acceptors (Lipinski definition) is 7. The maximum atomic E-state index is 5.70. The molecule has 1 aromatic heterocycles. The zero-order chi connectivity index (χ0) is 13.5. The van der Waals surface area contributed by atoms with E-state index in [0.29, 0.717) is 5.82 Å². The first-order valence-electron chi connectivity index (χ1n) is 5.55. The Morgan fingerprint density at radius 3 is 2.72 bits per heavy atom. The van der Waals surface area contributed by atoms with Crippen molar-refractivity contribution in [2.45, 2.75) is 6.42 Å². The first kappa shape index (κ1) is 13.9. The van der Waals surface area contributed by atoms with Gasteiger partial charge in [0.1, 0.15) is 5.69 Å².